The molecule has 0 aliphatic rings. The molecule has 0 spiro atoms. The number of unbranched alkanes of at least 4 members (excludes halogenated alkanes) is 4. The Hall–Kier alpha value is 0.690. The molecule has 18 heavy (non-hydrogen) atoms. The van der Waals surface area contributed by atoms with Crippen molar-refractivity contribution in [3.8, 4) is 0 Å². The summed E-state index contributed by atoms with van der Waals surface area (Å²) >= 11 is -2.55. The molecule has 114 valence electrons. The van der Waals surface area contributed by atoms with Crippen LogP contribution in [0, 0.1) is 0 Å². The van der Waals surface area contributed by atoms with Crippen LogP contribution < -0.4 is 3.95 Å². The van der Waals surface area contributed by atoms with Crippen molar-refractivity contribution in [3.05, 3.63) is 0 Å². The monoisotopic (exact) mass is 371 g/mol. The van der Waals surface area contributed by atoms with Gasteiger partial charge in [-0.2, -0.15) is 0 Å². The van der Waals surface area contributed by atoms with E-state index in [0.29, 0.717) is 0 Å². The third-order valence-electron chi connectivity index (χ3n) is 3.99. The van der Waals surface area contributed by atoms with Crippen LogP contribution in [0.15, 0.2) is 0 Å². The van der Waals surface area contributed by atoms with Crippen molar-refractivity contribution in [2.24, 2.45) is 3.95 Å². The van der Waals surface area contributed by atoms with Crippen LogP contribution in [-0.4, -0.2) is 17.7 Å². The molecule has 0 aromatic carbocycles. The standard InChI is InChI=1S/C16H38IN/c1-5-9-13-17(18,14-10-6-2,15-11-7-3)16-12-8-4/h5-16,18H2,1-4H3. The number of nitrogens with two attached hydrogens (primary N) is 1. The Kier molecular flexibility index (Phi) is 9.94. The van der Waals surface area contributed by atoms with Crippen molar-refractivity contribution < 1.29 is 0 Å². The van der Waals surface area contributed by atoms with Crippen LogP contribution in [0.25, 0.3) is 0 Å². The molecular formula is C16H38IN. The molecule has 0 radical (unpaired) electrons. The summed E-state index contributed by atoms with van der Waals surface area (Å²) in [5.74, 6) is 0. The molecule has 0 aliphatic carbocycles. The van der Waals surface area contributed by atoms with E-state index in [-0.39, 0.29) is 0 Å². The maximum absolute atomic E-state index is 7.25. The van der Waals surface area contributed by atoms with Gasteiger partial charge in [0.15, 0.2) is 0 Å². The third-order valence-corrected chi connectivity index (χ3v) is 18.7. The quantitative estimate of drug-likeness (QED) is 0.268. The molecule has 0 fully saturated rings. The fourth-order valence-electron chi connectivity index (χ4n) is 2.54. The summed E-state index contributed by atoms with van der Waals surface area (Å²) in [7, 11) is 0. The second-order valence-electron chi connectivity index (χ2n) is 5.92. The van der Waals surface area contributed by atoms with Crippen LogP contribution in [0.3, 0.4) is 0 Å². The fraction of sp³-hybridized carbons (Fsp3) is 1.00. The first-order valence-corrected chi connectivity index (χ1v) is 15.5. The molecule has 0 bridgehead atoms. The van der Waals surface area contributed by atoms with Crippen LogP contribution in [0.4, 0.5) is 0 Å². The number of halogens is 1. The predicted octanol–water partition coefficient (Wildman–Crippen LogP) is 5.64. The van der Waals surface area contributed by atoms with Gasteiger partial charge in [0, 0.05) is 0 Å². The Labute approximate surface area is 118 Å². The second-order valence-corrected chi connectivity index (χ2v) is 20.2. The Morgan fingerprint density at radius 1 is 0.556 bits per heavy atom. The number of rotatable bonds is 12. The van der Waals surface area contributed by atoms with Crippen LogP contribution in [-0.2, 0) is 0 Å². The van der Waals surface area contributed by atoms with Gasteiger partial charge in [-0.05, 0) is 0 Å². The summed E-state index contributed by atoms with van der Waals surface area (Å²) < 4.78 is 12.9. The zero-order chi connectivity index (χ0) is 13.9. The molecule has 0 aromatic rings. The number of hydrogen-bond donors (Lipinski definition) is 1. The van der Waals surface area contributed by atoms with E-state index in [0.717, 1.165) is 0 Å². The van der Waals surface area contributed by atoms with Crippen LogP contribution in [0.1, 0.15) is 79.1 Å². The van der Waals surface area contributed by atoms with Gasteiger partial charge in [0.05, 0.1) is 0 Å². The first kappa shape index (κ1) is 18.7. The molecule has 0 aromatic heterocycles. The minimum atomic E-state index is -2.55. The Balaban J connectivity index is 4.82. The zero-order valence-electron chi connectivity index (χ0n) is 13.4. The molecule has 0 atom stereocenters. The Morgan fingerprint density at radius 2 is 0.778 bits per heavy atom. The predicted molar refractivity (Wildman–Crippen MR) is 97.3 cm³/mol. The fourth-order valence-corrected chi connectivity index (χ4v) is 17.1. The van der Waals surface area contributed by atoms with Crippen LogP contribution in [0.5, 0.6) is 0 Å². The van der Waals surface area contributed by atoms with E-state index in [4.69, 9.17) is 3.95 Å². The van der Waals surface area contributed by atoms with Crippen molar-refractivity contribution in [1.29, 1.82) is 0 Å². The molecule has 2 heteroatoms. The zero-order valence-corrected chi connectivity index (χ0v) is 15.6. The van der Waals surface area contributed by atoms with Gasteiger partial charge in [-0.15, -0.1) is 0 Å². The van der Waals surface area contributed by atoms with E-state index in [2.05, 4.69) is 27.7 Å². The van der Waals surface area contributed by atoms with E-state index in [9.17, 15) is 0 Å². The Bertz CT molecular complexity index is 160. The van der Waals surface area contributed by atoms with Gasteiger partial charge < -0.3 is 0 Å². The average molecular weight is 371 g/mol. The molecule has 0 saturated carbocycles. The van der Waals surface area contributed by atoms with Gasteiger partial charge in [-0.3, -0.25) is 0 Å². The van der Waals surface area contributed by atoms with Gasteiger partial charge in [0.2, 0.25) is 0 Å². The van der Waals surface area contributed by atoms with Crippen LogP contribution >= 0.6 is 17.3 Å². The third kappa shape index (κ3) is 6.74. The molecule has 0 aliphatic heterocycles. The SMILES string of the molecule is CCCCI(N)(CCCC)(CCCC)CCCC. The van der Waals surface area contributed by atoms with E-state index in [1.165, 1.54) is 69.1 Å². The Morgan fingerprint density at radius 3 is 0.944 bits per heavy atom. The summed E-state index contributed by atoms with van der Waals surface area (Å²) in [5.41, 5.74) is 0. The van der Waals surface area contributed by atoms with Crippen molar-refractivity contribution in [2.75, 3.05) is 17.7 Å². The van der Waals surface area contributed by atoms with Crippen LogP contribution in [0.2, 0.25) is 0 Å². The first-order valence-electron chi connectivity index (χ1n) is 8.12. The molecule has 0 saturated heterocycles. The summed E-state index contributed by atoms with van der Waals surface area (Å²) in [4.78, 5) is 0. The van der Waals surface area contributed by atoms with Gasteiger partial charge in [-0.1, -0.05) is 0 Å². The maximum atomic E-state index is 7.25. The first-order chi connectivity index (χ1) is 8.54. The van der Waals surface area contributed by atoms with Gasteiger partial charge in [-0.25, -0.2) is 0 Å². The summed E-state index contributed by atoms with van der Waals surface area (Å²) in [6.45, 7) is 9.26. The van der Waals surface area contributed by atoms with Crippen molar-refractivity contribution in [3.63, 3.8) is 0 Å². The molecule has 2 N–H and O–H groups in total. The van der Waals surface area contributed by atoms with Crippen molar-refractivity contribution >= 4 is 17.3 Å². The van der Waals surface area contributed by atoms with Gasteiger partial charge in [0.1, 0.15) is 0 Å². The molecule has 0 amide bonds. The minimum absolute atomic E-state index is 1.32. The summed E-state index contributed by atoms with van der Waals surface area (Å²) in [5, 5.41) is 0. The molecule has 0 heterocycles. The molecule has 0 rings (SSSR count). The molecule has 1 nitrogen and oxygen atoms in total. The van der Waals surface area contributed by atoms with Crippen molar-refractivity contribution in [2.45, 2.75) is 79.1 Å². The van der Waals surface area contributed by atoms with E-state index < -0.39 is 17.3 Å². The summed E-state index contributed by atoms with van der Waals surface area (Å²) in [6, 6.07) is 0. The number of hydrogen-bond acceptors (Lipinski definition) is 1. The molecule has 0 unspecified atom stereocenters. The number of alkyl halides is 4. The van der Waals surface area contributed by atoms with E-state index in [1.54, 1.807) is 0 Å². The van der Waals surface area contributed by atoms with Gasteiger partial charge in [0.25, 0.3) is 0 Å². The topological polar surface area (TPSA) is 26.0 Å². The average Bonchev–Trinajstić information content (AvgIpc) is 2.40. The van der Waals surface area contributed by atoms with Gasteiger partial charge >= 0.3 is 118 Å². The van der Waals surface area contributed by atoms with E-state index in [1.807, 2.05) is 0 Å². The van der Waals surface area contributed by atoms with Crippen molar-refractivity contribution in [1.82, 2.24) is 0 Å². The molecular weight excluding hydrogens is 333 g/mol. The van der Waals surface area contributed by atoms with E-state index >= 15 is 0 Å². The normalized spacial score (nSPS) is 14.4. The summed E-state index contributed by atoms with van der Waals surface area (Å²) in [6.07, 6.45) is 10.8. The second kappa shape index (κ2) is 9.57.